The SMILES string of the molecule is Cl.NCCCNC(=O)c1nn(-c2ccccc2)c2c1CCC2. The van der Waals surface area contributed by atoms with E-state index in [0.717, 1.165) is 36.9 Å². The lowest BCUT2D eigenvalue weighted by Crippen LogP contribution is -2.27. The van der Waals surface area contributed by atoms with E-state index in [4.69, 9.17) is 5.73 Å². The van der Waals surface area contributed by atoms with E-state index in [-0.39, 0.29) is 18.3 Å². The van der Waals surface area contributed by atoms with Gasteiger partial charge in [0, 0.05) is 17.8 Å². The average Bonchev–Trinajstić information content (AvgIpc) is 3.10. The van der Waals surface area contributed by atoms with Crippen LogP contribution in [0.25, 0.3) is 5.69 Å². The molecule has 0 radical (unpaired) electrons. The first kappa shape index (κ1) is 16.5. The summed E-state index contributed by atoms with van der Waals surface area (Å²) in [6, 6.07) is 9.98. The average molecular weight is 321 g/mol. The lowest BCUT2D eigenvalue weighted by molar-refractivity contribution is 0.0947. The molecule has 1 aromatic carbocycles. The lowest BCUT2D eigenvalue weighted by Gasteiger charge is -2.05. The van der Waals surface area contributed by atoms with Gasteiger partial charge in [-0.3, -0.25) is 4.79 Å². The number of halogens is 1. The summed E-state index contributed by atoms with van der Waals surface area (Å²) in [6.07, 6.45) is 3.78. The number of hydrogen-bond acceptors (Lipinski definition) is 3. The maximum Gasteiger partial charge on any atom is 0.272 e. The number of nitrogens with one attached hydrogen (secondary N) is 1. The van der Waals surface area contributed by atoms with Crippen molar-refractivity contribution in [3.05, 3.63) is 47.3 Å². The first-order valence-corrected chi connectivity index (χ1v) is 7.45. The van der Waals surface area contributed by atoms with Gasteiger partial charge in [-0.2, -0.15) is 5.10 Å². The van der Waals surface area contributed by atoms with Crippen molar-refractivity contribution in [1.82, 2.24) is 15.1 Å². The molecular formula is C16H21ClN4O. The maximum absolute atomic E-state index is 12.3. The topological polar surface area (TPSA) is 72.9 Å². The van der Waals surface area contributed by atoms with Crippen molar-refractivity contribution < 1.29 is 4.79 Å². The fourth-order valence-corrected chi connectivity index (χ4v) is 2.79. The number of nitrogens with two attached hydrogens (primary N) is 1. The third-order valence-corrected chi connectivity index (χ3v) is 3.81. The second-order valence-corrected chi connectivity index (χ2v) is 5.27. The van der Waals surface area contributed by atoms with E-state index in [2.05, 4.69) is 10.4 Å². The molecule has 1 heterocycles. The zero-order valence-electron chi connectivity index (χ0n) is 12.4. The van der Waals surface area contributed by atoms with Gasteiger partial charge in [-0.05, 0) is 44.4 Å². The van der Waals surface area contributed by atoms with E-state index in [1.807, 2.05) is 35.0 Å². The molecule has 2 aromatic rings. The minimum Gasteiger partial charge on any atom is -0.351 e. The predicted molar refractivity (Wildman–Crippen MR) is 88.8 cm³/mol. The van der Waals surface area contributed by atoms with Gasteiger partial charge in [-0.15, -0.1) is 12.4 Å². The molecule has 3 rings (SSSR count). The first-order valence-electron chi connectivity index (χ1n) is 7.45. The van der Waals surface area contributed by atoms with Gasteiger partial charge < -0.3 is 11.1 Å². The Hall–Kier alpha value is -1.85. The van der Waals surface area contributed by atoms with E-state index < -0.39 is 0 Å². The van der Waals surface area contributed by atoms with E-state index in [0.29, 0.717) is 18.8 Å². The molecule has 1 aliphatic carbocycles. The molecule has 1 aromatic heterocycles. The molecule has 0 bridgehead atoms. The van der Waals surface area contributed by atoms with Gasteiger partial charge in [0.05, 0.1) is 5.69 Å². The highest BCUT2D eigenvalue weighted by molar-refractivity contribution is 5.94. The number of carbonyl (C=O) groups excluding carboxylic acids is 1. The van der Waals surface area contributed by atoms with Crippen molar-refractivity contribution in [1.29, 1.82) is 0 Å². The molecule has 1 amide bonds. The number of fused-ring (bicyclic) bond motifs is 1. The van der Waals surface area contributed by atoms with Crippen molar-refractivity contribution in [3.8, 4) is 5.69 Å². The van der Waals surface area contributed by atoms with Gasteiger partial charge in [0.15, 0.2) is 5.69 Å². The Labute approximate surface area is 136 Å². The Morgan fingerprint density at radius 1 is 1.27 bits per heavy atom. The number of rotatable bonds is 5. The monoisotopic (exact) mass is 320 g/mol. The number of benzene rings is 1. The van der Waals surface area contributed by atoms with Gasteiger partial charge in [0.1, 0.15) is 0 Å². The van der Waals surface area contributed by atoms with Crippen molar-refractivity contribution in [3.63, 3.8) is 0 Å². The summed E-state index contributed by atoms with van der Waals surface area (Å²) in [5.41, 5.74) is 9.31. The largest absolute Gasteiger partial charge is 0.351 e. The van der Waals surface area contributed by atoms with Crippen LogP contribution in [0.1, 0.15) is 34.6 Å². The van der Waals surface area contributed by atoms with Crippen LogP contribution in [0.15, 0.2) is 30.3 Å². The Morgan fingerprint density at radius 2 is 2.05 bits per heavy atom. The van der Waals surface area contributed by atoms with Crippen LogP contribution in [-0.4, -0.2) is 28.8 Å². The van der Waals surface area contributed by atoms with Crippen molar-refractivity contribution >= 4 is 18.3 Å². The second-order valence-electron chi connectivity index (χ2n) is 5.27. The zero-order chi connectivity index (χ0) is 14.7. The van der Waals surface area contributed by atoms with Crippen LogP contribution < -0.4 is 11.1 Å². The van der Waals surface area contributed by atoms with Gasteiger partial charge >= 0.3 is 0 Å². The Morgan fingerprint density at radius 3 is 2.77 bits per heavy atom. The van der Waals surface area contributed by atoms with Crippen LogP contribution in [0.5, 0.6) is 0 Å². The molecule has 0 saturated carbocycles. The number of carbonyl (C=O) groups is 1. The summed E-state index contributed by atoms with van der Waals surface area (Å²) in [7, 11) is 0. The lowest BCUT2D eigenvalue weighted by atomic mass is 10.2. The summed E-state index contributed by atoms with van der Waals surface area (Å²) >= 11 is 0. The van der Waals surface area contributed by atoms with Crippen LogP contribution in [0.2, 0.25) is 0 Å². The molecule has 0 saturated heterocycles. The molecule has 0 atom stereocenters. The molecule has 0 unspecified atom stereocenters. The van der Waals surface area contributed by atoms with Crippen LogP contribution in [-0.2, 0) is 12.8 Å². The van der Waals surface area contributed by atoms with Crippen LogP contribution in [0.4, 0.5) is 0 Å². The molecule has 0 spiro atoms. The zero-order valence-corrected chi connectivity index (χ0v) is 13.2. The van der Waals surface area contributed by atoms with E-state index in [9.17, 15) is 4.79 Å². The van der Waals surface area contributed by atoms with Gasteiger partial charge in [-0.25, -0.2) is 4.68 Å². The fourth-order valence-electron chi connectivity index (χ4n) is 2.79. The molecule has 118 valence electrons. The molecule has 22 heavy (non-hydrogen) atoms. The number of amides is 1. The Balaban J connectivity index is 0.00000176. The van der Waals surface area contributed by atoms with Crippen LogP contribution >= 0.6 is 12.4 Å². The molecule has 3 N–H and O–H groups in total. The smallest absolute Gasteiger partial charge is 0.272 e. The third-order valence-electron chi connectivity index (χ3n) is 3.81. The summed E-state index contributed by atoms with van der Waals surface area (Å²) in [5.74, 6) is -0.0868. The fraction of sp³-hybridized carbons (Fsp3) is 0.375. The molecule has 6 heteroatoms. The predicted octanol–water partition coefficient (Wildman–Crippen LogP) is 1.86. The summed E-state index contributed by atoms with van der Waals surface area (Å²) in [4.78, 5) is 12.3. The van der Waals surface area contributed by atoms with Crippen molar-refractivity contribution in [2.75, 3.05) is 13.1 Å². The van der Waals surface area contributed by atoms with E-state index in [1.165, 1.54) is 5.69 Å². The van der Waals surface area contributed by atoms with Crippen molar-refractivity contribution in [2.24, 2.45) is 5.73 Å². The normalized spacial score (nSPS) is 12.6. The summed E-state index contributed by atoms with van der Waals surface area (Å²) < 4.78 is 1.92. The quantitative estimate of drug-likeness (QED) is 0.826. The second kappa shape index (κ2) is 7.42. The molecular weight excluding hydrogens is 300 g/mol. The molecule has 1 aliphatic rings. The number of nitrogens with zero attached hydrogens (tertiary/aromatic N) is 2. The highest BCUT2D eigenvalue weighted by Gasteiger charge is 2.26. The van der Waals surface area contributed by atoms with E-state index in [1.54, 1.807) is 0 Å². The Kier molecular flexibility index (Phi) is 5.57. The highest BCUT2D eigenvalue weighted by Crippen LogP contribution is 2.27. The number of hydrogen-bond donors (Lipinski definition) is 2. The minimum absolute atomic E-state index is 0. The number of aromatic nitrogens is 2. The highest BCUT2D eigenvalue weighted by atomic mass is 35.5. The van der Waals surface area contributed by atoms with Gasteiger partial charge in [0.2, 0.25) is 0 Å². The van der Waals surface area contributed by atoms with Gasteiger partial charge in [-0.1, -0.05) is 18.2 Å². The van der Waals surface area contributed by atoms with E-state index >= 15 is 0 Å². The van der Waals surface area contributed by atoms with Crippen molar-refractivity contribution in [2.45, 2.75) is 25.7 Å². The van der Waals surface area contributed by atoms with Gasteiger partial charge in [0.25, 0.3) is 5.91 Å². The summed E-state index contributed by atoms with van der Waals surface area (Å²) in [5, 5.41) is 7.45. The Bertz CT molecular complexity index is 639. The molecule has 0 aliphatic heterocycles. The molecule has 5 nitrogen and oxygen atoms in total. The minimum atomic E-state index is -0.0868. The third kappa shape index (κ3) is 3.15. The molecule has 0 fully saturated rings. The standard InChI is InChI=1S/C16H20N4O.ClH/c17-10-5-11-18-16(21)15-13-8-4-9-14(13)20(19-15)12-6-2-1-3-7-12;/h1-3,6-7H,4-5,8-11,17H2,(H,18,21);1H. The first-order chi connectivity index (χ1) is 10.3. The van der Waals surface area contributed by atoms with Crippen LogP contribution in [0.3, 0.4) is 0 Å². The number of para-hydroxylation sites is 1. The summed E-state index contributed by atoms with van der Waals surface area (Å²) in [6.45, 7) is 1.18. The maximum atomic E-state index is 12.3. The van der Waals surface area contributed by atoms with Crippen LogP contribution in [0, 0.1) is 0 Å².